The molecule has 1 fully saturated rings. The molecule has 2 heterocycles. The third kappa shape index (κ3) is 7.39. The van der Waals surface area contributed by atoms with Gasteiger partial charge >= 0.3 is 19.0 Å². The van der Waals surface area contributed by atoms with E-state index in [1.807, 2.05) is 4.90 Å². The van der Waals surface area contributed by atoms with Crippen molar-refractivity contribution in [3.63, 3.8) is 0 Å². The van der Waals surface area contributed by atoms with Crippen LogP contribution in [0, 0.1) is 17.2 Å². The molecule has 0 saturated carbocycles. The van der Waals surface area contributed by atoms with E-state index in [1.54, 1.807) is 6.07 Å². The quantitative estimate of drug-likeness (QED) is 0.252. The Kier molecular flexibility index (Phi) is 8.84. The summed E-state index contributed by atoms with van der Waals surface area (Å²) >= 11 is 1.13. The van der Waals surface area contributed by atoms with E-state index in [-0.39, 0.29) is 56.1 Å². The number of hydrogen-bond donors (Lipinski definition) is 0. The number of likely N-dealkylation sites (tertiary alicyclic amines) is 1. The molecular weight excluding hydrogens is 570 g/mol. The summed E-state index contributed by atoms with van der Waals surface area (Å²) in [6, 6.07) is 9.91. The Balaban J connectivity index is 1.56. The van der Waals surface area contributed by atoms with Gasteiger partial charge in [-0.3, -0.25) is 4.90 Å². The molecule has 1 saturated heterocycles. The normalized spacial score (nSPS) is 15.3. The summed E-state index contributed by atoms with van der Waals surface area (Å²) in [5.41, 5.74) is -0.0694. The first kappa shape index (κ1) is 29.5. The molecule has 3 aromatic rings. The van der Waals surface area contributed by atoms with Crippen LogP contribution in [0.1, 0.15) is 34.5 Å². The van der Waals surface area contributed by atoms with E-state index in [4.69, 9.17) is 10.00 Å². The third-order valence-corrected chi connectivity index (χ3v) is 7.44. The monoisotopic (exact) mass is 591 g/mol. The van der Waals surface area contributed by atoms with Crippen molar-refractivity contribution in [1.82, 2.24) is 9.88 Å². The molecule has 0 atom stereocenters. The van der Waals surface area contributed by atoms with E-state index >= 15 is 0 Å². The van der Waals surface area contributed by atoms with Gasteiger partial charge in [-0.2, -0.15) is 40.4 Å². The lowest BCUT2D eigenvalue weighted by molar-refractivity contribution is -0.185. The number of hydrogen-bond acceptors (Lipinski definition) is 6. The lowest BCUT2D eigenvalue weighted by Gasteiger charge is -2.32. The number of halogens is 8. The molecule has 40 heavy (non-hydrogen) atoms. The average Bonchev–Trinajstić information content (AvgIpc) is 3.29. The molecule has 0 amide bonds. The van der Waals surface area contributed by atoms with Gasteiger partial charge in [0.25, 0.3) is 0 Å². The summed E-state index contributed by atoms with van der Waals surface area (Å²) in [6.45, 7) is -2.73. The second-order valence-corrected chi connectivity index (χ2v) is 10.1. The van der Waals surface area contributed by atoms with E-state index in [9.17, 15) is 35.1 Å². The van der Waals surface area contributed by atoms with Crippen LogP contribution in [0.4, 0.5) is 35.1 Å². The number of benzene rings is 2. The number of nitriles is 1. The molecule has 1 aliphatic rings. The SMILES string of the molecule is N#Cc1ccc(OCc2sc(-c3ccc(C(F)(F)F)cc3)nc2CN2CCC(C(F)(F)F)CC2)cc1OC(F)F. The number of thiazole rings is 1. The van der Waals surface area contributed by atoms with Crippen molar-refractivity contribution in [1.29, 1.82) is 5.26 Å². The van der Waals surface area contributed by atoms with Crippen molar-refractivity contribution < 1.29 is 44.6 Å². The molecule has 14 heteroatoms. The lowest BCUT2D eigenvalue weighted by atomic mass is 9.96. The highest BCUT2D eigenvalue weighted by Crippen LogP contribution is 2.37. The minimum atomic E-state index is -4.51. The molecule has 0 unspecified atom stereocenters. The third-order valence-electron chi connectivity index (χ3n) is 6.32. The number of ether oxygens (including phenoxy) is 2. The zero-order valence-corrected chi connectivity index (χ0v) is 21.3. The standard InChI is InChI=1S/C26H21F8N3O2S/c27-24(28)39-21-11-19(6-3-16(21)12-35)38-14-22-20(13-37-9-7-18(8-10-37)26(32,33)34)36-23(40-22)15-1-4-17(5-2-15)25(29,30)31/h1-6,11,18,24H,7-10,13-14H2. The molecule has 2 aromatic carbocycles. The number of nitrogens with zero attached hydrogens (tertiary/aromatic N) is 3. The van der Waals surface area contributed by atoms with Gasteiger partial charge in [-0.25, -0.2) is 4.98 Å². The Morgan fingerprint density at radius 2 is 1.70 bits per heavy atom. The van der Waals surface area contributed by atoms with Crippen molar-refractivity contribution >= 4 is 11.3 Å². The summed E-state index contributed by atoms with van der Waals surface area (Å²) < 4.78 is 114. The maximum Gasteiger partial charge on any atom is 0.416 e. The second kappa shape index (κ2) is 12.0. The van der Waals surface area contributed by atoms with Crippen LogP contribution in [-0.2, 0) is 19.3 Å². The van der Waals surface area contributed by atoms with Gasteiger partial charge in [0.05, 0.1) is 27.6 Å². The molecule has 0 bridgehead atoms. The first-order valence-corrected chi connectivity index (χ1v) is 12.7. The summed E-state index contributed by atoms with van der Waals surface area (Å²) in [7, 11) is 0. The van der Waals surface area contributed by atoms with Gasteiger partial charge in [0, 0.05) is 18.2 Å². The molecule has 1 aliphatic heterocycles. The molecule has 0 N–H and O–H groups in total. The van der Waals surface area contributed by atoms with E-state index in [0.29, 0.717) is 21.1 Å². The number of rotatable bonds is 8. The van der Waals surface area contributed by atoms with E-state index in [0.717, 1.165) is 29.5 Å². The van der Waals surface area contributed by atoms with Crippen LogP contribution in [-0.4, -0.2) is 35.8 Å². The molecule has 0 spiro atoms. The smallest absolute Gasteiger partial charge is 0.416 e. The van der Waals surface area contributed by atoms with Crippen LogP contribution >= 0.6 is 11.3 Å². The number of piperidine rings is 1. The van der Waals surface area contributed by atoms with Gasteiger partial charge in [0.2, 0.25) is 0 Å². The fourth-order valence-electron chi connectivity index (χ4n) is 4.20. The zero-order chi connectivity index (χ0) is 29.1. The summed E-state index contributed by atoms with van der Waals surface area (Å²) in [4.78, 5) is 6.92. The van der Waals surface area contributed by atoms with Gasteiger partial charge in [-0.15, -0.1) is 11.3 Å². The lowest BCUT2D eigenvalue weighted by Crippen LogP contribution is -2.38. The Bertz CT molecular complexity index is 1340. The molecule has 5 nitrogen and oxygen atoms in total. The Morgan fingerprint density at radius 3 is 2.27 bits per heavy atom. The summed E-state index contributed by atoms with van der Waals surface area (Å²) in [5.74, 6) is -1.65. The van der Waals surface area contributed by atoms with Gasteiger partial charge in [-0.05, 0) is 50.2 Å². The average molecular weight is 592 g/mol. The Hall–Kier alpha value is -3.44. The highest BCUT2D eigenvalue weighted by molar-refractivity contribution is 7.15. The first-order valence-electron chi connectivity index (χ1n) is 11.9. The predicted octanol–water partition coefficient (Wildman–Crippen LogP) is 7.66. The minimum Gasteiger partial charge on any atom is -0.488 e. The minimum absolute atomic E-state index is 0.0661. The fraction of sp³-hybridized carbons (Fsp3) is 0.385. The van der Waals surface area contributed by atoms with Crippen molar-refractivity contribution in [2.24, 2.45) is 5.92 Å². The van der Waals surface area contributed by atoms with Crippen molar-refractivity contribution in [2.75, 3.05) is 13.1 Å². The molecule has 0 aliphatic carbocycles. The molecule has 214 valence electrons. The largest absolute Gasteiger partial charge is 0.488 e. The van der Waals surface area contributed by atoms with E-state index < -0.39 is 30.4 Å². The topological polar surface area (TPSA) is 58.4 Å². The second-order valence-electron chi connectivity index (χ2n) is 8.99. The number of aromatic nitrogens is 1. The van der Waals surface area contributed by atoms with Gasteiger partial charge in [-0.1, -0.05) is 12.1 Å². The van der Waals surface area contributed by atoms with Crippen molar-refractivity contribution in [2.45, 2.75) is 45.0 Å². The van der Waals surface area contributed by atoms with Gasteiger partial charge in [0.15, 0.2) is 0 Å². The highest BCUT2D eigenvalue weighted by Gasteiger charge is 2.41. The van der Waals surface area contributed by atoms with Crippen LogP contribution in [0.2, 0.25) is 0 Å². The molecule has 4 rings (SSSR count). The summed E-state index contributed by atoms with van der Waals surface area (Å²) in [6.07, 6.45) is -8.91. The maximum absolute atomic E-state index is 13.1. The van der Waals surface area contributed by atoms with E-state index in [1.165, 1.54) is 24.3 Å². The maximum atomic E-state index is 13.1. The fourth-order valence-corrected chi connectivity index (χ4v) is 5.19. The highest BCUT2D eigenvalue weighted by atomic mass is 32.1. The van der Waals surface area contributed by atoms with Crippen molar-refractivity contribution in [3.8, 4) is 28.1 Å². The first-order chi connectivity index (χ1) is 18.8. The zero-order valence-electron chi connectivity index (χ0n) is 20.5. The van der Waals surface area contributed by atoms with Crippen LogP contribution in [0.5, 0.6) is 11.5 Å². The van der Waals surface area contributed by atoms with E-state index in [2.05, 4.69) is 9.72 Å². The molecular formula is C26H21F8N3O2S. The van der Waals surface area contributed by atoms with Crippen LogP contribution in [0.15, 0.2) is 42.5 Å². The van der Waals surface area contributed by atoms with Crippen LogP contribution < -0.4 is 9.47 Å². The number of alkyl halides is 8. The molecule has 0 radical (unpaired) electrons. The van der Waals surface area contributed by atoms with Gasteiger partial charge < -0.3 is 9.47 Å². The predicted molar refractivity (Wildman–Crippen MR) is 129 cm³/mol. The molecule has 1 aromatic heterocycles. The van der Waals surface area contributed by atoms with Crippen LogP contribution in [0.3, 0.4) is 0 Å². The van der Waals surface area contributed by atoms with Crippen molar-refractivity contribution in [3.05, 3.63) is 64.2 Å². The van der Waals surface area contributed by atoms with Crippen LogP contribution in [0.25, 0.3) is 10.6 Å². The Labute approximate surface area is 227 Å². The van der Waals surface area contributed by atoms with Gasteiger partial charge in [0.1, 0.15) is 29.2 Å². The Morgan fingerprint density at radius 1 is 1.02 bits per heavy atom. The summed E-state index contributed by atoms with van der Waals surface area (Å²) in [5, 5.41) is 9.49.